The maximum atomic E-state index is 5.86. The highest BCUT2D eigenvalue weighted by molar-refractivity contribution is 5.27. The van der Waals surface area contributed by atoms with Gasteiger partial charge in [-0.15, -0.1) is 0 Å². The van der Waals surface area contributed by atoms with Crippen molar-refractivity contribution in [3.63, 3.8) is 0 Å². The maximum absolute atomic E-state index is 5.86. The van der Waals surface area contributed by atoms with Crippen LogP contribution in [0.15, 0.2) is 24.3 Å². The van der Waals surface area contributed by atoms with Crippen LogP contribution in [0.4, 0.5) is 0 Å². The van der Waals surface area contributed by atoms with Crippen LogP contribution < -0.4 is 15.8 Å². The fraction of sp³-hybridized carbons (Fsp3) is 0.538. The molecule has 94 valence electrons. The van der Waals surface area contributed by atoms with E-state index in [-0.39, 0.29) is 18.5 Å². The Balaban J connectivity index is 1.83. The Morgan fingerprint density at radius 1 is 1.59 bits per heavy atom. The summed E-state index contributed by atoms with van der Waals surface area (Å²) < 4.78 is 11.1. The van der Waals surface area contributed by atoms with Crippen molar-refractivity contribution in [2.24, 2.45) is 5.73 Å². The zero-order valence-corrected chi connectivity index (χ0v) is 10.3. The van der Waals surface area contributed by atoms with Gasteiger partial charge in [0, 0.05) is 12.5 Å². The lowest BCUT2D eigenvalue weighted by molar-refractivity contribution is 0.104. The number of nitrogens with two attached hydrogens (primary N) is 1. The fourth-order valence-electron chi connectivity index (χ4n) is 2.05. The van der Waals surface area contributed by atoms with Gasteiger partial charge >= 0.3 is 0 Å². The minimum atomic E-state index is -0.328. The average Bonchev–Trinajstić information content (AvgIpc) is 2.63. The largest absolute Gasteiger partial charge is 0.491 e. The lowest BCUT2D eigenvalue weighted by atomic mass is 10.1. The minimum Gasteiger partial charge on any atom is -0.491 e. The SMILES string of the molecule is Cc1cccc(OC(C)C[C@H]2COC(N)N2)c1. The maximum Gasteiger partial charge on any atom is 0.161 e. The van der Waals surface area contributed by atoms with Gasteiger partial charge in [0.15, 0.2) is 6.35 Å². The van der Waals surface area contributed by atoms with Crippen LogP contribution in [0.2, 0.25) is 0 Å². The molecule has 0 saturated carbocycles. The number of hydrogen-bond acceptors (Lipinski definition) is 4. The molecule has 1 aliphatic rings. The third kappa shape index (κ3) is 3.70. The van der Waals surface area contributed by atoms with Crippen molar-refractivity contribution in [3.8, 4) is 5.75 Å². The zero-order valence-electron chi connectivity index (χ0n) is 10.3. The van der Waals surface area contributed by atoms with Crippen molar-refractivity contribution in [2.75, 3.05) is 6.61 Å². The number of benzene rings is 1. The predicted octanol–water partition coefficient (Wildman–Crippen LogP) is 1.38. The molecule has 3 N–H and O–H groups in total. The molecule has 0 radical (unpaired) electrons. The third-order valence-corrected chi connectivity index (χ3v) is 2.82. The molecule has 4 heteroatoms. The monoisotopic (exact) mass is 236 g/mol. The van der Waals surface area contributed by atoms with E-state index in [2.05, 4.69) is 25.2 Å². The molecule has 2 rings (SSSR count). The molecule has 17 heavy (non-hydrogen) atoms. The first-order valence-corrected chi connectivity index (χ1v) is 6.00. The Morgan fingerprint density at radius 3 is 3.06 bits per heavy atom. The Bertz CT molecular complexity index is 370. The number of rotatable bonds is 4. The number of nitrogens with one attached hydrogen (secondary N) is 1. The summed E-state index contributed by atoms with van der Waals surface area (Å²) in [6, 6.07) is 8.37. The molecule has 0 aliphatic carbocycles. The zero-order chi connectivity index (χ0) is 12.3. The Kier molecular flexibility index (Phi) is 3.99. The first-order valence-electron chi connectivity index (χ1n) is 6.00. The van der Waals surface area contributed by atoms with Crippen LogP contribution in [0.3, 0.4) is 0 Å². The molecule has 0 amide bonds. The van der Waals surface area contributed by atoms with Crippen LogP contribution in [0.1, 0.15) is 18.9 Å². The molecule has 1 heterocycles. The second-order valence-electron chi connectivity index (χ2n) is 4.60. The van der Waals surface area contributed by atoms with E-state index < -0.39 is 0 Å². The van der Waals surface area contributed by atoms with Gasteiger partial charge in [-0.2, -0.15) is 0 Å². The molecule has 1 aromatic rings. The summed E-state index contributed by atoms with van der Waals surface area (Å²) in [5.74, 6) is 0.917. The van der Waals surface area contributed by atoms with Gasteiger partial charge in [0.1, 0.15) is 5.75 Å². The molecule has 3 atom stereocenters. The summed E-state index contributed by atoms with van der Waals surface area (Å²) in [5, 5.41) is 3.16. The lowest BCUT2D eigenvalue weighted by Crippen LogP contribution is -2.38. The standard InChI is InChI=1S/C13H20N2O2/c1-9-4-3-5-12(6-9)17-10(2)7-11-8-16-13(14)15-11/h3-6,10-11,13,15H,7-8,14H2,1-2H3/t10?,11-,13?/m0/s1. The summed E-state index contributed by atoms with van der Waals surface area (Å²) in [7, 11) is 0. The highest BCUT2D eigenvalue weighted by Gasteiger charge is 2.23. The molecule has 4 nitrogen and oxygen atoms in total. The van der Waals surface area contributed by atoms with Gasteiger partial charge in [0.2, 0.25) is 0 Å². The summed E-state index contributed by atoms with van der Waals surface area (Å²) in [6.45, 7) is 4.78. The summed E-state index contributed by atoms with van der Waals surface area (Å²) in [4.78, 5) is 0. The van der Waals surface area contributed by atoms with Gasteiger partial charge < -0.3 is 9.47 Å². The average molecular weight is 236 g/mol. The van der Waals surface area contributed by atoms with E-state index in [1.54, 1.807) is 0 Å². The van der Waals surface area contributed by atoms with Crippen molar-refractivity contribution in [1.29, 1.82) is 0 Å². The van der Waals surface area contributed by atoms with Crippen LogP contribution in [0, 0.1) is 6.92 Å². The molecular weight excluding hydrogens is 216 g/mol. The van der Waals surface area contributed by atoms with Crippen LogP contribution in [0.5, 0.6) is 5.75 Å². The number of ether oxygens (including phenoxy) is 2. The second kappa shape index (κ2) is 5.49. The van der Waals surface area contributed by atoms with E-state index in [1.807, 2.05) is 18.2 Å². The van der Waals surface area contributed by atoms with Crippen LogP contribution in [0.25, 0.3) is 0 Å². The number of hydrogen-bond donors (Lipinski definition) is 2. The van der Waals surface area contributed by atoms with Crippen molar-refractivity contribution in [1.82, 2.24) is 5.32 Å². The Hall–Kier alpha value is -1.10. The minimum absolute atomic E-state index is 0.142. The van der Waals surface area contributed by atoms with Gasteiger partial charge in [-0.1, -0.05) is 12.1 Å². The van der Waals surface area contributed by atoms with E-state index in [1.165, 1.54) is 5.56 Å². The molecular formula is C13H20N2O2. The van der Waals surface area contributed by atoms with Gasteiger partial charge in [0.05, 0.1) is 12.7 Å². The fourth-order valence-corrected chi connectivity index (χ4v) is 2.05. The topological polar surface area (TPSA) is 56.5 Å². The first kappa shape index (κ1) is 12.4. The molecule has 2 unspecified atom stereocenters. The summed E-state index contributed by atoms with van der Waals surface area (Å²) in [5.41, 5.74) is 6.81. The highest BCUT2D eigenvalue weighted by Crippen LogP contribution is 2.16. The van der Waals surface area contributed by atoms with E-state index >= 15 is 0 Å². The van der Waals surface area contributed by atoms with Crippen molar-refractivity contribution < 1.29 is 9.47 Å². The molecule has 0 aromatic heterocycles. The molecule has 0 spiro atoms. The van der Waals surface area contributed by atoms with Crippen molar-refractivity contribution >= 4 is 0 Å². The van der Waals surface area contributed by atoms with Gasteiger partial charge in [0.25, 0.3) is 0 Å². The van der Waals surface area contributed by atoms with E-state index in [4.69, 9.17) is 15.2 Å². The Labute approximate surface area is 102 Å². The van der Waals surface area contributed by atoms with Crippen LogP contribution in [-0.2, 0) is 4.74 Å². The van der Waals surface area contributed by atoms with Crippen LogP contribution >= 0.6 is 0 Å². The van der Waals surface area contributed by atoms with Gasteiger partial charge in [-0.05, 0) is 31.5 Å². The van der Waals surface area contributed by atoms with E-state index in [9.17, 15) is 0 Å². The van der Waals surface area contributed by atoms with Crippen molar-refractivity contribution in [2.45, 2.75) is 38.8 Å². The summed E-state index contributed by atoms with van der Waals surface area (Å²) >= 11 is 0. The molecule has 0 bridgehead atoms. The first-order chi connectivity index (χ1) is 8.13. The van der Waals surface area contributed by atoms with Crippen LogP contribution in [-0.4, -0.2) is 25.1 Å². The quantitative estimate of drug-likeness (QED) is 0.829. The van der Waals surface area contributed by atoms with Gasteiger partial charge in [-0.3, -0.25) is 11.1 Å². The lowest BCUT2D eigenvalue weighted by Gasteiger charge is -2.18. The molecule has 1 fully saturated rings. The Morgan fingerprint density at radius 2 is 2.41 bits per heavy atom. The normalized spacial score (nSPS) is 25.8. The van der Waals surface area contributed by atoms with Crippen molar-refractivity contribution in [3.05, 3.63) is 29.8 Å². The smallest absolute Gasteiger partial charge is 0.161 e. The molecule has 1 saturated heterocycles. The summed E-state index contributed by atoms with van der Waals surface area (Å²) in [6.07, 6.45) is 0.705. The molecule has 1 aromatic carbocycles. The highest BCUT2D eigenvalue weighted by atomic mass is 16.5. The van der Waals surface area contributed by atoms with Gasteiger partial charge in [-0.25, -0.2) is 0 Å². The molecule has 1 aliphatic heterocycles. The second-order valence-corrected chi connectivity index (χ2v) is 4.60. The predicted molar refractivity (Wildman–Crippen MR) is 66.7 cm³/mol. The third-order valence-electron chi connectivity index (χ3n) is 2.82. The van der Waals surface area contributed by atoms with E-state index in [0.29, 0.717) is 6.61 Å². The van der Waals surface area contributed by atoms with E-state index in [0.717, 1.165) is 12.2 Å². The number of aryl methyl sites for hydroxylation is 1.